The van der Waals surface area contributed by atoms with Gasteiger partial charge in [-0.3, -0.25) is 0 Å². The second kappa shape index (κ2) is 6.24. The summed E-state index contributed by atoms with van der Waals surface area (Å²) in [4.78, 5) is 0. The molecule has 0 bridgehead atoms. The van der Waals surface area contributed by atoms with Crippen molar-refractivity contribution in [1.29, 1.82) is 0 Å². The van der Waals surface area contributed by atoms with Crippen molar-refractivity contribution in [1.82, 2.24) is 5.32 Å². The molecule has 0 saturated carbocycles. The first-order valence-corrected chi connectivity index (χ1v) is 6.11. The zero-order valence-electron chi connectivity index (χ0n) is 10.7. The van der Waals surface area contributed by atoms with Gasteiger partial charge in [0.25, 0.3) is 0 Å². The lowest BCUT2D eigenvalue weighted by Crippen LogP contribution is -2.37. The Labute approximate surface area is 108 Å². The van der Waals surface area contributed by atoms with E-state index in [1.165, 1.54) is 0 Å². The van der Waals surface area contributed by atoms with Gasteiger partial charge in [-0.15, -0.1) is 0 Å². The van der Waals surface area contributed by atoms with Gasteiger partial charge in [-0.2, -0.15) is 0 Å². The molecule has 0 heterocycles. The maximum Gasteiger partial charge on any atom is 0.120 e. The molecule has 96 valence electrons. The molecule has 0 aliphatic rings. The van der Waals surface area contributed by atoms with Crippen LogP contribution in [-0.4, -0.2) is 24.3 Å². The van der Waals surface area contributed by atoms with E-state index in [9.17, 15) is 5.11 Å². The van der Waals surface area contributed by atoms with E-state index >= 15 is 0 Å². The van der Waals surface area contributed by atoms with E-state index in [-0.39, 0.29) is 6.04 Å². The highest BCUT2D eigenvalue weighted by Gasteiger charge is 2.19. The standard InChI is InChI=1S/C13H20ClNO2/c1-8(2)15-9(3)13(16)11-6-5-10(17-4)7-12(11)14/h5-9,13,15-16H,1-4H3. The maximum atomic E-state index is 10.2. The van der Waals surface area contributed by atoms with Crippen LogP contribution in [0.1, 0.15) is 32.4 Å². The van der Waals surface area contributed by atoms with Crippen molar-refractivity contribution in [2.45, 2.75) is 39.0 Å². The fraction of sp³-hybridized carbons (Fsp3) is 0.538. The molecule has 2 N–H and O–H groups in total. The summed E-state index contributed by atoms with van der Waals surface area (Å²) in [7, 11) is 1.59. The summed E-state index contributed by atoms with van der Waals surface area (Å²) in [6.07, 6.45) is -0.629. The lowest BCUT2D eigenvalue weighted by atomic mass is 10.0. The average Bonchev–Trinajstić information content (AvgIpc) is 2.27. The van der Waals surface area contributed by atoms with Gasteiger partial charge in [-0.1, -0.05) is 31.5 Å². The minimum absolute atomic E-state index is 0.0547. The van der Waals surface area contributed by atoms with Crippen molar-refractivity contribution in [3.05, 3.63) is 28.8 Å². The molecular weight excluding hydrogens is 238 g/mol. The summed E-state index contributed by atoms with van der Waals surface area (Å²) >= 11 is 6.12. The van der Waals surface area contributed by atoms with Crippen molar-refractivity contribution in [2.24, 2.45) is 0 Å². The van der Waals surface area contributed by atoms with Crippen LogP contribution in [0.2, 0.25) is 5.02 Å². The van der Waals surface area contributed by atoms with E-state index in [1.54, 1.807) is 25.3 Å². The highest BCUT2D eigenvalue weighted by Crippen LogP contribution is 2.29. The van der Waals surface area contributed by atoms with E-state index in [1.807, 2.05) is 20.8 Å². The number of aliphatic hydroxyl groups is 1. The van der Waals surface area contributed by atoms with E-state index in [2.05, 4.69) is 5.32 Å². The monoisotopic (exact) mass is 257 g/mol. The zero-order valence-corrected chi connectivity index (χ0v) is 11.5. The molecule has 0 radical (unpaired) electrons. The number of hydrogen-bond acceptors (Lipinski definition) is 3. The van der Waals surface area contributed by atoms with Crippen LogP contribution in [0.25, 0.3) is 0 Å². The first-order chi connectivity index (χ1) is 7.95. The molecular formula is C13H20ClNO2. The second-order valence-corrected chi connectivity index (χ2v) is 4.85. The molecule has 17 heavy (non-hydrogen) atoms. The van der Waals surface area contributed by atoms with Crippen LogP contribution in [0, 0.1) is 0 Å². The van der Waals surface area contributed by atoms with Gasteiger partial charge < -0.3 is 15.2 Å². The third kappa shape index (κ3) is 3.87. The van der Waals surface area contributed by atoms with Crippen molar-refractivity contribution >= 4 is 11.6 Å². The van der Waals surface area contributed by atoms with Crippen LogP contribution in [0.3, 0.4) is 0 Å². The Morgan fingerprint density at radius 3 is 2.41 bits per heavy atom. The second-order valence-electron chi connectivity index (χ2n) is 4.44. The Morgan fingerprint density at radius 1 is 1.29 bits per heavy atom. The molecule has 4 heteroatoms. The van der Waals surface area contributed by atoms with Gasteiger partial charge >= 0.3 is 0 Å². The molecule has 2 atom stereocenters. The van der Waals surface area contributed by atoms with Gasteiger partial charge in [0.2, 0.25) is 0 Å². The number of halogens is 1. The highest BCUT2D eigenvalue weighted by molar-refractivity contribution is 6.31. The van der Waals surface area contributed by atoms with E-state index in [4.69, 9.17) is 16.3 Å². The SMILES string of the molecule is COc1ccc(C(O)C(C)NC(C)C)c(Cl)c1. The molecule has 2 unspecified atom stereocenters. The first-order valence-electron chi connectivity index (χ1n) is 5.73. The Kier molecular flexibility index (Phi) is 5.25. The van der Waals surface area contributed by atoms with Gasteiger partial charge in [0.15, 0.2) is 0 Å². The highest BCUT2D eigenvalue weighted by atomic mass is 35.5. The predicted octanol–water partition coefficient (Wildman–Crippen LogP) is 2.77. The molecule has 0 aliphatic heterocycles. The number of rotatable bonds is 5. The van der Waals surface area contributed by atoms with Gasteiger partial charge in [-0.05, 0) is 19.1 Å². The molecule has 0 saturated heterocycles. The Bertz CT molecular complexity index is 368. The fourth-order valence-corrected chi connectivity index (χ4v) is 2.04. The molecule has 1 aromatic rings. The lowest BCUT2D eigenvalue weighted by molar-refractivity contribution is 0.132. The molecule has 0 fully saturated rings. The minimum Gasteiger partial charge on any atom is -0.497 e. The topological polar surface area (TPSA) is 41.5 Å². The molecule has 3 nitrogen and oxygen atoms in total. The van der Waals surface area contributed by atoms with Crippen molar-refractivity contribution < 1.29 is 9.84 Å². The minimum atomic E-state index is -0.629. The van der Waals surface area contributed by atoms with Gasteiger partial charge in [0.05, 0.1) is 18.2 Å². The summed E-state index contributed by atoms with van der Waals surface area (Å²) in [5, 5.41) is 14.0. The first kappa shape index (κ1) is 14.3. The molecule has 0 spiro atoms. The molecule has 0 aliphatic carbocycles. The molecule has 0 aromatic heterocycles. The number of benzene rings is 1. The normalized spacial score (nSPS) is 14.8. The molecule has 0 amide bonds. The van der Waals surface area contributed by atoms with E-state index in [0.717, 1.165) is 0 Å². The average molecular weight is 258 g/mol. The third-order valence-electron chi connectivity index (χ3n) is 2.60. The number of ether oxygens (including phenoxy) is 1. The summed E-state index contributed by atoms with van der Waals surface area (Å²) in [6.45, 7) is 6.02. The van der Waals surface area contributed by atoms with Crippen LogP contribution in [0.4, 0.5) is 0 Å². The summed E-state index contributed by atoms with van der Waals surface area (Å²) in [6, 6.07) is 5.57. The number of methoxy groups -OCH3 is 1. The number of nitrogens with one attached hydrogen (secondary N) is 1. The molecule has 1 rings (SSSR count). The predicted molar refractivity (Wildman–Crippen MR) is 70.7 cm³/mol. The molecule has 1 aromatic carbocycles. The Hall–Kier alpha value is -0.770. The number of hydrogen-bond donors (Lipinski definition) is 2. The van der Waals surface area contributed by atoms with Crippen molar-refractivity contribution in [3.8, 4) is 5.75 Å². The third-order valence-corrected chi connectivity index (χ3v) is 2.92. The smallest absolute Gasteiger partial charge is 0.120 e. The zero-order chi connectivity index (χ0) is 13.0. The lowest BCUT2D eigenvalue weighted by Gasteiger charge is -2.23. The number of aliphatic hydroxyl groups excluding tert-OH is 1. The van der Waals surface area contributed by atoms with Gasteiger partial charge in [-0.25, -0.2) is 0 Å². The van der Waals surface area contributed by atoms with Crippen molar-refractivity contribution in [3.63, 3.8) is 0 Å². The van der Waals surface area contributed by atoms with Crippen LogP contribution in [0.15, 0.2) is 18.2 Å². The summed E-state index contributed by atoms with van der Waals surface area (Å²) in [5.74, 6) is 0.690. The van der Waals surface area contributed by atoms with E-state index < -0.39 is 6.10 Å². The Morgan fingerprint density at radius 2 is 1.94 bits per heavy atom. The van der Waals surface area contributed by atoms with Crippen LogP contribution < -0.4 is 10.1 Å². The van der Waals surface area contributed by atoms with Crippen LogP contribution in [0.5, 0.6) is 5.75 Å². The fourth-order valence-electron chi connectivity index (χ4n) is 1.76. The van der Waals surface area contributed by atoms with Crippen LogP contribution >= 0.6 is 11.6 Å². The van der Waals surface area contributed by atoms with Gasteiger partial charge in [0, 0.05) is 17.6 Å². The summed E-state index contributed by atoms with van der Waals surface area (Å²) < 4.78 is 5.07. The maximum absolute atomic E-state index is 10.2. The summed E-state index contributed by atoms with van der Waals surface area (Å²) in [5.41, 5.74) is 0.716. The van der Waals surface area contributed by atoms with Crippen LogP contribution in [-0.2, 0) is 0 Å². The van der Waals surface area contributed by atoms with E-state index in [0.29, 0.717) is 22.4 Å². The largest absolute Gasteiger partial charge is 0.497 e. The quantitative estimate of drug-likeness (QED) is 0.852. The van der Waals surface area contributed by atoms with Gasteiger partial charge in [0.1, 0.15) is 5.75 Å². The Balaban J connectivity index is 2.84. The van der Waals surface area contributed by atoms with Crippen molar-refractivity contribution in [2.75, 3.05) is 7.11 Å².